The molecular weight excluding hydrogens is 334 g/mol. The summed E-state index contributed by atoms with van der Waals surface area (Å²) in [5.41, 5.74) is 0.0907. The van der Waals surface area contributed by atoms with E-state index in [4.69, 9.17) is 4.74 Å². The van der Waals surface area contributed by atoms with Crippen molar-refractivity contribution in [2.45, 2.75) is 17.3 Å². The first-order valence-electron chi connectivity index (χ1n) is 6.83. The zero-order valence-electron chi connectivity index (χ0n) is 12.9. The highest BCUT2D eigenvalue weighted by molar-refractivity contribution is 8.00. The number of benzene rings is 1. The summed E-state index contributed by atoms with van der Waals surface area (Å²) in [5, 5.41) is 13.0. The van der Waals surface area contributed by atoms with Crippen molar-refractivity contribution < 1.29 is 19.4 Å². The Bertz CT molecular complexity index is 804. The van der Waals surface area contributed by atoms with Gasteiger partial charge >= 0.3 is 0 Å². The highest BCUT2D eigenvalue weighted by atomic mass is 32.2. The zero-order chi connectivity index (χ0) is 17.7. The Morgan fingerprint density at radius 1 is 1.33 bits per heavy atom. The number of aromatic amines is 1. The first-order valence-corrected chi connectivity index (χ1v) is 7.71. The number of carbonyl (C=O) groups excluding carboxylic acids is 2. The topological polar surface area (TPSA) is 124 Å². The van der Waals surface area contributed by atoms with Crippen molar-refractivity contribution >= 4 is 29.3 Å². The fourth-order valence-corrected chi connectivity index (χ4v) is 2.53. The van der Waals surface area contributed by atoms with Gasteiger partial charge in [0.2, 0.25) is 11.8 Å². The Hall–Kier alpha value is -2.81. The zero-order valence-corrected chi connectivity index (χ0v) is 13.7. The summed E-state index contributed by atoms with van der Waals surface area (Å²) in [6.07, 6.45) is 0. The molecule has 0 aliphatic rings. The van der Waals surface area contributed by atoms with Crippen LogP contribution in [0.5, 0.6) is 5.88 Å². The molecule has 0 fully saturated rings. The fourth-order valence-electron chi connectivity index (χ4n) is 1.73. The molecule has 1 heterocycles. The molecule has 0 saturated carbocycles. The van der Waals surface area contributed by atoms with Crippen LogP contribution in [0.3, 0.4) is 0 Å². The van der Waals surface area contributed by atoms with E-state index >= 15 is 0 Å². The van der Waals surface area contributed by atoms with Crippen LogP contribution in [0.1, 0.15) is 17.3 Å². The number of amides is 1. The highest BCUT2D eigenvalue weighted by Gasteiger charge is 2.16. The number of H-pyrrole nitrogens is 1. The Kier molecular flexibility index (Phi) is 5.59. The van der Waals surface area contributed by atoms with Crippen LogP contribution in [0.4, 0.5) is 5.69 Å². The van der Waals surface area contributed by atoms with Crippen molar-refractivity contribution in [2.75, 3.05) is 12.4 Å². The maximum Gasteiger partial charge on any atom is 0.255 e. The minimum Gasteiger partial charge on any atom is -0.545 e. The molecule has 1 atom stereocenters. The predicted molar refractivity (Wildman–Crippen MR) is 86.1 cm³/mol. The van der Waals surface area contributed by atoms with E-state index < -0.39 is 11.2 Å². The first-order chi connectivity index (χ1) is 11.4. The monoisotopic (exact) mass is 348 g/mol. The molecule has 0 aliphatic heterocycles. The van der Waals surface area contributed by atoms with E-state index in [9.17, 15) is 19.5 Å². The lowest BCUT2D eigenvalue weighted by molar-refractivity contribution is -0.255. The normalized spacial score (nSPS) is 11.6. The SMILES string of the molecule is COc1cc(=O)[nH]c(S[C@@H](C)C(=O)Nc2ccc(C(=O)[O-])cc2)n1. The van der Waals surface area contributed by atoms with Crippen LogP contribution >= 0.6 is 11.8 Å². The maximum absolute atomic E-state index is 12.2. The molecule has 8 nitrogen and oxygen atoms in total. The molecular formula is C15H14N3O5S-. The van der Waals surface area contributed by atoms with Crippen molar-refractivity contribution in [3.8, 4) is 5.88 Å². The van der Waals surface area contributed by atoms with E-state index in [2.05, 4.69) is 15.3 Å². The number of anilines is 1. The Labute approximate surface area is 141 Å². The van der Waals surface area contributed by atoms with Crippen LogP contribution in [0, 0.1) is 0 Å². The smallest absolute Gasteiger partial charge is 0.255 e. The van der Waals surface area contributed by atoms with E-state index in [-0.39, 0.29) is 28.1 Å². The molecule has 0 bridgehead atoms. The van der Waals surface area contributed by atoms with Crippen molar-refractivity contribution in [3.63, 3.8) is 0 Å². The van der Waals surface area contributed by atoms with Crippen molar-refractivity contribution in [2.24, 2.45) is 0 Å². The lowest BCUT2D eigenvalue weighted by Crippen LogP contribution is -2.24. The number of hydrogen-bond donors (Lipinski definition) is 2. The van der Waals surface area contributed by atoms with Crippen LogP contribution in [0.15, 0.2) is 40.3 Å². The molecule has 0 aliphatic carbocycles. The van der Waals surface area contributed by atoms with E-state index in [1.807, 2.05) is 0 Å². The van der Waals surface area contributed by atoms with Crippen molar-refractivity contribution in [1.29, 1.82) is 0 Å². The first kappa shape index (κ1) is 17.5. The second-order valence-electron chi connectivity index (χ2n) is 4.71. The van der Waals surface area contributed by atoms with Gasteiger partial charge in [-0.05, 0) is 24.6 Å². The van der Waals surface area contributed by atoms with Gasteiger partial charge in [-0.25, -0.2) is 0 Å². The summed E-state index contributed by atoms with van der Waals surface area (Å²) in [6, 6.07) is 6.81. The Morgan fingerprint density at radius 2 is 2.00 bits per heavy atom. The highest BCUT2D eigenvalue weighted by Crippen LogP contribution is 2.21. The van der Waals surface area contributed by atoms with Gasteiger partial charge < -0.3 is 24.9 Å². The number of carbonyl (C=O) groups is 2. The van der Waals surface area contributed by atoms with Gasteiger partial charge in [-0.3, -0.25) is 9.59 Å². The lowest BCUT2D eigenvalue weighted by atomic mass is 10.2. The van der Waals surface area contributed by atoms with Crippen LogP contribution in [0.25, 0.3) is 0 Å². The van der Waals surface area contributed by atoms with Gasteiger partial charge in [-0.2, -0.15) is 4.98 Å². The Balaban J connectivity index is 2.03. The number of methoxy groups -OCH3 is 1. The summed E-state index contributed by atoms with van der Waals surface area (Å²) in [4.78, 5) is 40.9. The number of aromatic carboxylic acids is 1. The van der Waals surface area contributed by atoms with E-state index in [0.717, 1.165) is 11.8 Å². The number of carboxylic acid groups (broad SMARTS) is 1. The third kappa shape index (κ3) is 4.59. The number of aromatic nitrogens is 2. The van der Waals surface area contributed by atoms with Gasteiger partial charge in [-0.1, -0.05) is 23.9 Å². The quantitative estimate of drug-likeness (QED) is 0.567. The van der Waals surface area contributed by atoms with Crippen LogP contribution < -0.4 is 20.7 Å². The number of nitrogens with one attached hydrogen (secondary N) is 2. The summed E-state index contributed by atoms with van der Waals surface area (Å²) >= 11 is 1.06. The number of ether oxygens (including phenoxy) is 1. The van der Waals surface area contributed by atoms with E-state index in [1.54, 1.807) is 6.92 Å². The second-order valence-corrected chi connectivity index (χ2v) is 6.04. The van der Waals surface area contributed by atoms with Crippen LogP contribution in [-0.4, -0.2) is 34.2 Å². The summed E-state index contributed by atoms with van der Waals surface area (Å²) in [5.74, 6) is -1.46. The average molecular weight is 348 g/mol. The third-order valence-corrected chi connectivity index (χ3v) is 3.94. The number of carboxylic acids is 1. The number of nitrogens with zero attached hydrogens (tertiary/aromatic N) is 1. The largest absolute Gasteiger partial charge is 0.545 e. The van der Waals surface area contributed by atoms with Crippen molar-refractivity contribution in [1.82, 2.24) is 9.97 Å². The third-order valence-electron chi connectivity index (χ3n) is 2.95. The van der Waals surface area contributed by atoms with Gasteiger partial charge in [0.1, 0.15) is 0 Å². The molecule has 2 rings (SSSR count). The molecule has 1 amide bonds. The molecule has 1 aromatic carbocycles. The van der Waals surface area contributed by atoms with Gasteiger partial charge in [-0.15, -0.1) is 0 Å². The van der Waals surface area contributed by atoms with Gasteiger partial charge in [0.25, 0.3) is 5.56 Å². The summed E-state index contributed by atoms with van der Waals surface area (Å²) in [7, 11) is 1.39. The summed E-state index contributed by atoms with van der Waals surface area (Å²) in [6.45, 7) is 1.65. The molecule has 9 heteroatoms. The minimum absolute atomic E-state index is 0.0218. The average Bonchev–Trinajstić information content (AvgIpc) is 2.54. The molecule has 1 aromatic heterocycles. The maximum atomic E-state index is 12.2. The standard InChI is InChI=1S/C15H15N3O5S/c1-8(24-15-17-11(19)7-12(18-15)23-2)13(20)16-10-5-3-9(4-6-10)14(21)22/h3-8H,1-2H3,(H,16,20)(H,21,22)(H,17,18,19)/p-1/t8-/m0/s1. The molecule has 0 spiro atoms. The van der Waals surface area contributed by atoms with Crippen LogP contribution in [-0.2, 0) is 4.79 Å². The van der Waals surface area contributed by atoms with Crippen LogP contribution in [0.2, 0.25) is 0 Å². The van der Waals surface area contributed by atoms with Gasteiger partial charge in [0, 0.05) is 5.69 Å². The van der Waals surface area contributed by atoms with E-state index in [0.29, 0.717) is 5.69 Å². The molecule has 0 radical (unpaired) electrons. The number of hydrogen-bond acceptors (Lipinski definition) is 7. The Morgan fingerprint density at radius 3 is 2.58 bits per heavy atom. The number of rotatable bonds is 6. The molecule has 126 valence electrons. The fraction of sp³-hybridized carbons (Fsp3) is 0.200. The predicted octanol–water partition coefficient (Wildman–Crippen LogP) is 0.261. The van der Waals surface area contributed by atoms with Gasteiger partial charge in [0.15, 0.2) is 5.16 Å². The number of thioether (sulfide) groups is 1. The molecule has 24 heavy (non-hydrogen) atoms. The molecule has 2 aromatic rings. The second kappa shape index (κ2) is 7.64. The molecule has 0 saturated heterocycles. The van der Waals surface area contributed by atoms with Gasteiger partial charge in [0.05, 0.1) is 24.4 Å². The molecule has 2 N–H and O–H groups in total. The summed E-state index contributed by atoms with van der Waals surface area (Å²) < 4.78 is 4.91. The minimum atomic E-state index is -1.29. The molecule has 0 unspecified atom stereocenters. The lowest BCUT2D eigenvalue weighted by Gasteiger charge is -2.12. The van der Waals surface area contributed by atoms with Crippen molar-refractivity contribution in [3.05, 3.63) is 46.2 Å². The van der Waals surface area contributed by atoms with E-state index in [1.165, 1.54) is 37.4 Å².